The van der Waals surface area contributed by atoms with Crippen molar-refractivity contribution in [1.82, 2.24) is 4.57 Å². The molecule has 0 saturated heterocycles. The molecule has 0 radical (unpaired) electrons. The molecule has 0 spiro atoms. The second-order valence-electron chi connectivity index (χ2n) is 11.6. The van der Waals surface area contributed by atoms with Crippen molar-refractivity contribution in [3.05, 3.63) is 160 Å². The minimum absolute atomic E-state index is 0.0754. The maximum Gasteiger partial charge on any atom is 0.0707 e. The van der Waals surface area contributed by atoms with E-state index in [1.54, 1.807) is 0 Å². The Labute approximate surface area is 240 Å². The number of hydrogen-bond donors (Lipinski definition) is 0. The van der Waals surface area contributed by atoms with Crippen molar-refractivity contribution in [2.45, 2.75) is 31.6 Å². The number of aromatic nitrogens is 1. The molecule has 4 aromatic carbocycles. The number of rotatable bonds is 3. The highest BCUT2D eigenvalue weighted by atomic mass is 15.0. The number of nitrogens with zero attached hydrogens (tertiary/aromatic N) is 2. The Kier molecular flexibility index (Phi) is 5.31. The van der Waals surface area contributed by atoms with Crippen LogP contribution in [0.4, 0.5) is 0 Å². The smallest absolute Gasteiger partial charge is 0.0707 e. The van der Waals surface area contributed by atoms with Crippen molar-refractivity contribution >= 4 is 21.8 Å². The monoisotopic (exact) mass is 526 g/mol. The lowest BCUT2D eigenvalue weighted by Crippen LogP contribution is -2.31. The molecule has 5 aromatic rings. The van der Waals surface area contributed by atoms with Gasteiger partial charge in [-0.1, -0.05) is 96.6 Å². The van der Waals surface area contributed by atoms with E-state index >= 15 is 0 Å². The predicted octanol–water partition coefficient (Wildman–Crippen LogP) is 9.43. The molecule has 8 rings (SSSR count). The fourth-order valence-corrected chi connectivity index (χ4v) is 7.56. The van der Waals surface area contributed by atoms with Gasteiger partial charge in [0.15, 0.2) is 0 Å². The van der Waals surface area contributed by atoms with Gasteiger partial charge >= 0.3 is 0 Å². The Bertz CT molecular complexity index is 2020. The fraction of sp³-hybridized carbons (Fsp3) is 0.154. The first-order valence-corrected chi connectivity index (χ1v) is 14.6. The van der Waals surface area contributed by atoms with Gasteiger partial charge in [0.25, 0.3) is 0 Å². The molecule has 0 amide bonds. The molecule has 1 aromatic heterocycles. The van der Waals surface area contributed by atoms with Gasteiger partial charge in [-0.25, -0.2) is 0 Å². The predicted molar refractivity (Wildman–Crippen MR) is 168 cm³/mol. The van der Waals surface area contributed by atoms with Crippen LogP contribution in [0.1, 0.15) is 36.0 Å². The maximum atomic E-state index is 9.86. The normalized spacial score (nSPS) is 21.4. The van der Waals surface area contributed by atoms with Crippen LogP contribution in [0.3, 0.4) is 0 Å². The molecular formula is C39H30N2. The van der Waals surface area contributed by atoms with Crippen LogP contribution in [0.25, 0.3) is 27.5 Å². The number of nitriles is 1. The van der Waals surface area contributed by atoms with Gasteiger partial charge < -0.3 is 4.57 Å². The van der Waals surface area contributed by atoms with Crippen molar-refractivity contribution in [3.8, 4) is 11.8 Å². The van der Waals surface area contributed by atoms with E-state index in [1.807, 2.05) is 0 Å². The molecule has 3 aliphatic rings. The summed E-state index contributed by atoms with van der Waals surface area (Å²) in [7, 11) is 0. The van der Waals surface area contributed by atoms with Crippen LogP contribution in [0.2, 0.25) is 0 Å². The maximum absolute atomic E-state index is 9.86. The average Bonchev–Trinajstić information content (AvgIpc) is 3.52. The highest BCUT2D eigenvalue weighted by Crippen LogP contribution is 2.58. The SMILES string of the molecule is Cc1ccc(C2(c3ccc4c(c3)c3ccccc3n4-c3ccccc3)C3=C(CCC=C3)C3=C2C=CC(C#N)C3)cc1. The summed E-state index contributed by atoms with van der Waals surface area (Å²) in [6.45, 7) is 2.16. The lowest BCUT2D eigenvalue weighted by Gasteiger charge is -2.37. The van der Waals surface area contributed by atoms with Crippen LogP contribution in [0.15, 0.2) is 144 Å². The molecule has 0 bridgehead atoms. The first kappa shape index (κ1) is 24.0. The first-order valence-electron chi connectivity index (χ1n) is 14.6. The zero-order chi connectivity index (χ0) is 27.6. The van der Waals surface area contributed by atoms with Crippen molar-refractivity contribution < 1.29 is 0 Å². The van der Waals surface area contributed by atoms with Crippen LogP contribution >= 0.6 is 0 Å². The van der Waals surface area contributed by atoms with Crippen LogP contribution in [0, 0.1) is 24.2 Å². The third-order valence-corrected chi connectivity index (χ3v) is 9.36. The number of aryl methyl sites for hydroxylation is 1. The fourth-order valence-electron chi connectivity index (χ4n) is 7.56. The second-order valence-corrected chi connectivity index (χ2v) is 11.6. The second kappa shape index (κ2) is 9.08. The Morgan fingerprint density at radius 2 is 1.49 bits per heavy atom. The Balaban J connectivity index is 1.47. The zero-order valence-electron chi connectivity index (χ0n) is 23.1. The molecular weight excluding hydrogens is 496 g/mol. The van der Waals surface area contributed by atoms with E-state index in [9.17, 15) is 5.26 Å². The summed E-state index contributed by atoms with van der Waals surface area (Å²) in [6, 6.07) is 38.2. The molecule has 196 valence electrons. The largest absolute Gasteiger partial charge is 0.309 e. The minimum Gasteiger partial charge on any atom is -0.309 e. The summed E-state index contributed by atoms with van der Waals surface area (Å²) >= 11 is 0. The molecule has 0 aliphatic heterocycles. The zero-order valence-corrected chi connectivity index (χ0v) is 23.1. The van der Waals surface area contributed by atoms with Gasteiger partial charge in [0.2, 0.25) is 0 Å². The molecule has 0 fully saturated rings. The number of para-hydroxylation sites is 2. The first-order chi connectivity index (χ1) is 20.2. The Morgan fingerprint density at radius 3 is 2.32 bits per heavy atom. The van der Waals surface area contributed by atoms with Crippen molar-refractivity contribution in [1.29, 1.82) is 5.26 Å². The van der Waals surface area contributed by atoms with E-state index in [2.05, 4.69) is 139 Å². The molecule has 3 aliphatic carbocycles. The van der Waals surface area contributed by atoms with Gasteiger partial charge in [0, 0.05) is 16.5 Å². The van der Waals surface area contributed by atoms with Crippen molar-refractivity contribution in [3.63, 3.8) is 0 Å². The van der Waals surface area contributed by atoms with Gasteiger partial charge in [-0.15, -0.1) is 0 Å². The van der Waals surface area contributed by atoms with Crippen molar-refractivity contribution in [2.24, 2.45) is 5.92 Å². The van der Waals surface area contributed by atoms with Crippen LogP contribution in [-0.2, 0) is 5.41 Å². The van der Waals surface area contributed by atoms with Gasteiger partial charge in [0.1, 0.15) is 0 Å². The van der Waals surface area contributed by atoms with Gasteiger partial charge in [-0.3, -0.25) is 0 Å². The molecule has 2 unspecified atom stereocenters. The standard InChI is InChI=1S/C39H30N2/c1-26-15-18-28(19-16-26)39(35-13-7-5-11-31(35)33-23-27(25-40)17-21-36(33)39)29-20-22-38-34(24-29)32-12-6-8-14-37(32)41(38)30-9-3-2-4-10-30/h2-4,6-10,12-22,24,27H,5,11,23H2,1H3. The van der Waals surface area contributed by atoms with E-state index < -0.39 is 5.41 Å². The quantitative estimate of drug-likeness (QED) is 0.230. The molecule has 0 N–H and O–H groups in total. The topological polar surface area (TPSA) is 28.7 Å². The van der Waals surface area contributed by atoms with Gasteiger partial charge in [-0.05, 0) is 89.9 Å². The lowest BCUT2D eigenvalue weighted by molar-refractivity contribution is 0.726. The van der Waals surface area contributed by atoms with E-state index in [0.717, 1.165) is 19.3 Å². The van der Waals surface area contributed by atoms with Crippen LogP contribution in [-0.4, -0.2) is 4.57 Å². The molecule has 41 heavy (non-hydrogen) atoms. The summed E-state index contributed by atoms with van der Waals surface area (Å²) in [5.41, 5.74) is 12.6. The average molecular weight is 527 g/mol. The Morgan fingerprint density at radius 1 is 0.756 bits per heavy atom. The summed E-state index contributed by atoms with van der Waals surface area (Å²) in [5.74, 6) is -0.0754. The van der Waals surface area contributed by atoms with Crippen LogP contribution in [0.5, 0.6) is 0 Å². The van der Waals surface area contributed by atoms with Gasteiger partial charge in [0.05, 0.1) is 28.4 Å². The molecule has 2 nitrogen and oxygen atoms in total. The molecule has 2 atom stereocenters. The highest BCUT2D eigenvalue weighted by molar-refractivity contribution is 6.09. The van der Waals surface area contributed by atoms with Crippen LogP contribution < -0.4 is 0 Å². The number of fused-ring (bicyclic) bond motifs is 4. The number of hydrogen-bond acceptors (Lipinski definition) is 1. The van der Waals surface area contributed by atoms with E-state index in [0.29, 0.717) is 0 Å². The summed E-state index contributed by atoms with van der Waals surface area (Å²) in [6.07, 6.45) is 12.0. The van der Waals surface area contributed by atoms with E-state index in [4.69, 9.17) is 0 Å². The Hall–Kier alpha value is -4.87. The van der Waals surface area contributed by atoms with Crippen molar-refractivity contribution in [2.75, 3.05) is 0 Å². The summed E-state index contributed by atoms with van der Waals surface area (Å²) in [5, 5.41) is 12.4. The lowest BCUT2D eigenvalue weighted by atomic mass is 9.64. The molecule has 0 saturated carbocycles. The highest BCUT2D eigenvalue weighted by Gasteiger charge is 2.49. The minimum atomic E-state index is -0.420. The molecule has 2 heteroatoms. The summed E-state index contributed by atoms with van der Waals surface area (Å²) < 4.78 is 2.38. The number of benzene rings is 4. The summed E-state index contributed by atoms with van der Waals surface area (Å²) in [4.78, 5) is 0. The molecule has 1 heterocycles. The third kappa shape index (κ3) is 3.36. The third-order valence-electron chi connectivity index (χ3n) is 9.36. The van der Waals surface area contributed by atoms with Gasteiger partial charge in [-0.2, -0.15) is 5.26 Å². The van der Waals surface area contributed by atoms with E-state index in [1.165, 1.54) is 66.5 Å². The van der Waals surface area contributed by atoms with E-state index in [-0.39, 0.29) is 5.92 Å². The number of allylic oxidation sites excluding steroid dienone is 8.